The number of carbonyl (C=O) groups is 1. The van der Waals surface area contributed by atoms with E-state index in [0.717, 1.165) is 22.6 Å². The van der Waals surface area contributed by atoms with E-state index in [1.54, 1.807) is 17.0 Å². The van der Waals surface area contributed by atoms with Crippen LogP contribution in [0.15, 0.2) is 47.0 Å². The first-order chi connectivity index (χ1) is 14.1. The highest BCUT2D eigenvalue weighted by Crippen LogP contribution is 2.39. The van der Waals surface area contributed by atoms with Crippen LogP contribution >= 0.6 is 0 Å². The zero-order valence-corrected chi connectivity index (χ0v) is 16.0. The van der Waals surface area contributed by atoms with Crippen LogP contribution in [-0.2, 0) is 6.61 Å². The minimum Gasteiger partial charge on any atom is -0.488 e. The van der Waals surface area contributed by atoms with Crippen molar-refractivity contribution >= 4 is 11.6 Å². The molecule has 7 heteroatoms. The summed E-state index contributed by atoms with van der Waals surface area (Å²) >= 11 is 0. The van der Waals surface area contributed by atoms with E-state index in [-0.39, 0.29) is 18.3 Å². The molecule has 1 fully saturated rings. The van der Waals surface area contributed by atoms with Crippen molar-refractivity contribution in [3.63, 3.8) is 0 Å². The molecule has 0 unspecified atom stereocenters. The zero-order chi connectivity index (χ0) is 20.0. The van der Waals surface area contributed by atoms with Crippen LogP contribution < -0.4 is 9.64 Å². The first-order valence-corrected chi connectivity index (χ1v) is 9.62. The number of benzene rings is 2. The number of hydrogen-bond donors (Lipinski definition) is 0. The molecule has 0 radical (unpaired) electrons. The Morgan fingerprint density at radius 3 is 2.59 bits per heavy atom. The van der Waals surface area contributed by atoms with Crippen molar-refractivity contribution in [3.05, 3.63) is 65.1 Å². The first kappa shape index (κ1) is 17.7. The number of ether oxygens (including phenoxy) is 1. The monoisotopic (exact) mass is 393 g/mol. The third-order valence-corrected chi connectivity index (χ3v) is 5.50. The lowest BCUT2D eigenvalue weighted by molar-refractivity contribution is 0.0734. The molecule has 148 valence electrons. The van der Waals surface area contributed by atoms with Crippen LogP contribution in [-0.4, -0.2) is 42.1 Å². The third-order valence-electron chi connectivity index (χ3n) is 5.50. The lowest BCUT2D eigenvalue weighted by Crippen LogP contribution is -2.49. The highest BCUT2D eigenvalue weighted by Gasteiger charge is 2.32. The largest absolute Gasteiger partial charge is 0.488 e. The van der Waals surface area contributed by atoms with Gasteiger partial charge in [0.05, 0.1) is 11.1 Å². The predicted molar refractivity (Wildman–Crippen MR) is 106 cm³/mol. The molecule has 1 amide bonds. The van der Waals surface area contributed by atoms with Gasteiger partial charge in [-0.05, 0) is 43.3 Å². The molecular weight excluding hydrogens is 373 g/mol. The lowest BCUT2D eigenvalue weighted by atomic mass is 10.0. The van der Waals surface area contributed by atoms with Gasteiger partial charge < -0.3 is 19.1 Å². The second-order valence-electron chi connectivity index (χ2n) is 7.38. The Morgan fingerprint density at radius 1 is 1.07 bits per heavy atom. The van der Waals surface area contributed by atoms with Crippen molar-refractivity contribution in [1.82, 2.24) is 10.1 Å². The van der Waals surface area contributed by atoms with E-state index in [2.05, 4.69) is 10.1 Å². The average Bonchev–Trinajstić information content (AvgIpc) is 3.18. The number of nitrogens with zero attached hydrogens (tertiary/aromatic N) is 3. The van der Waals surface area contributed by atoms with Crippen molar-refractivity contribution in [2.45, 2.75) is 13.5 Å². The average molecular weight is 393 g/mol. The van der Waals surface area contributed by atoms with Gasteiger partial charge in [-0.15, -0.1) is 0 Å². The molecule has 5 rings (SSSR count). The third kappa shape index (κ3) is 3.12. The summed E-state index contributed by atoms with van der Waals surface area (Å²) in [6, 6.07) is 12.3. The number of aromatic nitrogens is 1. The van der Waals surface area contributed by atoms with Gasteiger partial charge in [-0.3, -0.25) is 4.79 Å². The van der Waals surface area contributed by atoms with Crippen molar-refractivity contribution in [2.75, 3.05) is 31.1 Å². The molecule has 6 nitrogen and oxygen atoms in total. The fraction of sp³-hybridized carbons (Fsp3) is 0.273. The number of hydrogen-bond acceptors (Lipinski definition) is 5. The number of amides is 1. The normalized spacial score (nSPS) is 15.5. The minimum atomic E-state index is -0.252. The topological polar surface area (TPSA) is 58.8 Å². The Morgan fingerprint density at radius 2 is 1.83 bits per heavy atom. The van der Waals surface area contributed by atoms with Gasteiger partial charge in [0.1, 0.15) is 18.2 Å². The second-order valence-corrected chi connectivity index (χ2v) is 7.38. The van der Waals surface area contributed by atoms with Crippen LogP contribution in [0.3, 0.4) is 0 Å². The Kier molecular flexibility index (Phi) is 4.23. The molecule has 2 aliphatic heterocycles. The Bertz CT molecular complexity index is 1070. The molecule has 1 saturated heterocycles. The molecule has 3 heterocycles. The second kappa shape index (κ2) is 6.92. The summed E-state index contributed by atoms with van der Waals surface area (Å²) in [7, 11) is 0. The van der Waals surface area contributed by atoms with Crippen molar-refractivity contribution in [1.29, 1.82) is 0 Å². The highest BCUT2D eigenvalue weighted by atomic mass is 19.1. The minimum absolute atomic E-state index is 0.145. The summed E-state index contributed by atoms with van der Waals surface area (Å²) in [6.45, 7) is 4.75. The lowest BCUT2D eigenvalue weighted by Gasteiger charge is -2.35. The van der Waals surface area contributed by atoms with Crippen molar-refractivity contribution < 1.29 is 18.4 Å². The molecule has 2 aliphatic rings. The molecule has 29 heavy (non-hydrogen) atoms. The maximum absolute atomic E-state index is 13.1. The Hall–Kier alpha value is -3.35. The fourth-order valence-corrected chi connectivity index (χ4v) is 3.89. The van der Waals surface area contributed by atoms with E-state index in [9.17, 15) is 9.18 Å². The van der Waals surface area contributed by atoms with Crippen molar-refractivity contribution in [2.24, 2.45) is 0 Å². The number of piperazine rings is 1. The Balaban J connectivity index is 1.33. The maximum Gasteiger partial charge on any atom is 0.276 e. The maximum atomic E-state index is 13.1. The van der Waals surface area contributed by atoms with Gasteiger partial charge in [-0.2, -0.15) is 0 Å². The van der Waals surface area contributed by atoms with Gasteiger partial charge in [-0.1, -0.05) is 16.8 Å². The number of halogens is 1. The molecule has 0 N–H and O–H groups in total. The smallest absolute Gasteiger partial charge is 0.276 e. The van der Waals surface area contributed by atoms with E-state index in [1.165, 1.54) is 12.1 Å². The molecule has 0 atom stereocenters. The van der Waals surface area contributed by atoms with Gasteiger partial charge >= 0.3 is 0 Å². The summed E-state index contributed by atoms with van der Waals surface area (Å²) in [5.41, 5.74) is 3.90. The number of fused-ring (bicyclic) bond motifs is 3. The van der Waals surface area contributed by atoms with Crippen LogP contribution in [0.25, 0.3) is 11.3 Å². The number of rotatable bonds is 2. The predicted octanol–water partition coefficient (Wildman–Crippen LogP) is 3.64. The van der Waals surface area contributed by atoms with Gasteiger partial charge in [-0.25, -0.2) is 4.39 Å². The van der Waals surface area contributed by atoms with E-state index in [4.69, 9.17) is 9.26 Å². The summed E-state index contributed by atoms with van der Waals surface area (Å²) in [5.74, 6) is 0.959. The van der Waals surface area contributed by atoms with Crippen LogP contribution in [0.5, 0.6) is 5.75 Å². The molecule has 0 saturated carbocycles. The number of aryl methyl sites for hydroxylation is 1. The quantitative estimate of drug-likeness (QED) is 0.665. The van der Waals surface area contributed by atoms with E-state index >= 15 is 0 Å². The molecule has 2 aromatic carbocycles. The Labute approximate surface area is 167 Å². The standard InChI is InChI=1S/C22H20FN3O3/c1-14-2-7-19-17(12-14)21-18(13-28-19)20(24-29-21)22(27)26-10-8-25(9-11-26)16-5-3-15(23)4-6-16/h2-7,12H,8-11,13H2,1H3. The van der Waals surface area contributed by atoms with E-state index in [1.807, 2.05) is 25.1 Å². The van der Waals surface area contributed by atoms with Crippen LogP contribution in [0.1, 0.15) is 21.6 Å². The summed E-state index contributed by atoms with van der Waals surface area (Å²) in [5, 5.41) is 4.09. The van der Waals surface area contributed by atoms with Crippen LogP contribution in [0.2, 0.25) is 0 Å². The van der Waals surface area contributed by atoms with Crippen LogP contribution in [0.4, 0.5) is 10.1 Å². The molecule has 0 spiro atoms. The highest BCUT2D eigenvalue weighted by molar-refractivity contribution is 5.95. The molecular formula is C22H20FN3O3. The van der Waals surface area contributed by atoms with Crippen molar-refractivity contribution in [3.8, 4) is 17.1 Å². The molecule has 0 aliphatic carbocycles. The SMILES string of the molecule is Cc1ccc2c(c1)-c1onc(C(=O)N3CCN(c4ccc(F)cc4)CC3)c1CO2. The summed E-state index contributed by atoms with van der Waals surface area (Å²) in [4.78, 5) is 17.0. The summed E-state index contributed by atoms with van der Waals surface area (Å²) < 4.78 is 24.5. The van der Waals surface area contributed by atoms with Gasteiger partial charge in [0.2, 0.25) is 0 Å². The zero-order valence-electron chi connectivity index (χ0n) is 16.0. The van der Waals surface area contributed by atoms with Gasteiger partial charge in [0, 0.05) is 31.9 Å². The molecule has 3 aromatic rings. The number of anilines is 1. The fourth-order valence-electron chi connectivity index (χ4n) is 3.89. The van der Waals surface area contributed by atoms with E-state index < -0.39 is 0 Å². The first-order valence-electron chi connectivity index (χ1n) is 9.62. The van der Waals surface area contributed by atoms with Gasteiger partial charge in [0.25, 0.3) is 5.91 Å². The summed E-state index contributed by atoms with van der Waals surface area (Å²) in [6.07, 6.45) is 0. The van der Waals surface area contributed by atoms with E-state index in [0.29, 0.717) is 43.2 Å². The van der Waals surface area contributed by atoms with Crippen LogP contribution in [0, 0.1) is 12.7 Å². The number of carbonyl (C=O) groups excluding carboxylic acids is 1. The van der Waals surface area contributed by atoms with Gasteiger partial charge in [0.15, 0.2) is 11.5 Å². The molecule has 0 bridgehead atoms. The molecule has 1 aromatic heterocycles.